The van der Waals surface area contributed by atoms with Crippen molar-refractivity contribution in [3.05, 3.63) is 29.6 Å². The number of nitrogens with zero attached hydrogens (tertiary/aromatic N) is 2. The number of aryl methyl sites for hydroxylation is 1. The topological polar surface area (TPSA) is 59.2 Å². The SMILES string of the molecule is Cc1cccnc1CC(=O)N1CCCC(CN)C1. The molecule has 0 aliphatic carbocycles. The number of amides is 1. The Morgan fingerprint density at radius 1 is 1.61 bits per heavy atom. The van der Waals surface area contributed by atoms with Gasteiger partial charge in [0.15, 0.2) is 0 Å². The Morgan fingerprint density at radius 2 is 2.44 bits per heavy atom. The zero-order valence-corrected chi connectivity index (χ0v) is 10.9. The number of rotatable bonds is 3. The number of hydrogen-bond acceptors (Lipinski definition) is 3. The lowest BCUT2D eigenvalue weighted by Crippen LogP contribution is -2.42. The summed E-state index contributed by atoms with van der Waals surface area (Å²) in [6.07, 6.45) is 4.36. The number of carbonyl (C=O) groups is 1. The molecular weight excluding hydrogens is 226 g/mol. The quantitative estimate of drug-likeness (QED) is 0.871. The lowest BCUT2D eigenvalue weighted by Gasteiger charge is -2.32. The molecule has 1 saturated heterocycles. The lowest BCUT2D eigenvalue weighted by atomic mass is 9.98. The summed E-state index contributed by atoms with van der Waals surface area (Å²) in [7, 11) is 0. The van der Waals surface area contributed by atoms with E-state index < -0.39 is 0 Å². The molecule has 98 valence electrons. The summed E-state index contributed by atoms with van der Waals surface area (Å²) >= 11 is 0. The van der Waals surface area contributed by atoms with Gasteiger partial charge in [-0.3, -0.25) is 9.78 Å². The fourth-order valence-electron chi connectivity index (χ4n) is 2.44. The first-order valence-corrected chi connectivity index (χ1v) is 6.59. The second-order valence-electron chi connectivity index (χ2n) is 5.03. The first-order valence-electron chi connectivity index (χ1n) is 6.59. The minimum Gasteiger partial charge on any atom is -0.342 e. The average molecular weight is 247 g/mol. The maximum atomic E-state index is 12.2. The highest BCUT2D eigenvalue weighted by molar-refractivity contribution is 5.78. The van der Waals surface area contributed by atoms with Crippen molar-refractivity contribution < 1.29 is 4.79 Å². The lowest BCUT2D eigenvalue weighted by molar-refractivity contribution is -0.132. The maximum Gasteiger partial charge on any atom is 0.228 e. The maximum absolute atomic E-state index is 12.2. The van der Waals surface area contributed by atoms with E-state index in [1.165, 1.54) is 0 Å². The van der Waals surface area contributed by atoms with Gasteiger partial charge in [-0.05, 0) is 43.9 Å². The van der Waals surface area contributed by atoms with Gasteiger partial charge < -0.3 is 10.6 Å². The number of hydrogen-bond donors (Lipinski definition) is 1. The molecule has 2 N–H and O–H groups in total. The summed E-state index contributed by atoms with van der Waals surface area (Å²) in [5.74, 6) is 0.641. The zero-order valence-electron chi connectivity index (χ0n) is 10.9. The van der Waals surface area contributed by atoms with E-state index in [-0.39, 0.29) is 5.91 Å². The van der Waals surface area contributed by atoms with Crippen molar-refractivity contribution in [3.63, 3.8) is 0 Å². The number of nitrogens with two attached hydrogens (primary N) is 1. The molecule has 1 atom stereocenters. The predicted molar refractivity (Wildman–Crippen MR) is 71.0 cm³/mol. The number of aromatic nitrogens is 1. The smallest absolute Gasteiger partial charge is 0.228 e. The van der Waals surface area contributed by atoms with Gasteiger partial charge in [-0.1, -0.05) is 6.07 Å². The number of carbonyl (C=O) groups excluding carboxylic acids is 1. The van der Waals surface area contributed by atoms with Crippen molar-refractivity contribution in [1.82, 2.24) is 9.88 Å². The highest BCUT2D eigenvalue weighted by Crippen LogP contribution is 2.16. The average Bonchev–Trinajstić information content (AvgIpc) is 2.41. The van der Waals surface area contributed by atoms with Gasteiger partial charge in [-0.2, -0.15) is 0 Å². The van der Waals surface area contributed by atoms with Crippen LogP contribution in [0.2, 0.25) is 0 Å². The number of likely N-dealkylation sites (tertiary alicyclic amines) is 1. The number of pyridine rings is 1. The van der Waals surface area contributed by atoms with E-state index >= 15 is 0 Å². The molecule has 1 fully saturated rings. The van der Waals surface area contributed by atoms with E-state index in [1.54, 1.807) is 6.20 Å². The van der Waals surface area contributed by atoms with Crippen LogP contribution in [0.3, 0.4) is 0 Å². The minimum absolute atomic E-state index is 0.176. The van der Waals surface area contributed by atoms with Gasteiger partial charge in [0.25, 0.3) is 0 Å². The zero-order chi connectivity index (χ0) is 13.0. The minimum atomic E-state index is 0.176. The Labute approximate surface area is 108 Å². The van der Waals surface area contributed by atoms with Crippen molar-refractivity contribution in [2.45, 2.75) is 26.2 Å². The van der Waals surface area contributed by atoms with Gasteiger partial charge >= 0.3 is 0 Å². The monoisotopic (exact) mass is 247 g/mol. The molecule has 0 bridgehead atoms. The van der Waals surface area contributed by atoms with Crippen molar-refractivity contribution in [3.8, 4) is 0 Å². The molecule has 0 saturated carbocycles. The van der Waals surface area contributed by atoms with Gasteiger partial charge in [0.05, 0.1) is 12.1 Å². The number of piperidine rings is 1. The van der Waals surface area contributed by atoms with Gasteiger partial charge in [-0.25, -0.2) is 0 Å². The van der Waals surface area contributed by atoms with E-state index in [0.717, 1.165) is 37.2 Å². The summed E-state index contributed by atoms with van der Waals surface area (Å²) in [4.78, 5) is 18.4. The van der Waals surface area contributed by atoms with Gasteiger partial charge in [0, 0.05) is 19.3 Å². The van der Waals surface area contributed by atoms with E-state index in [1.807, 2.05) is 24.0 Å². The van der Waals surface area contributed by atoms with E-state index in [0.29, 0.717) is 18.9 Å². The fraction of sp³-hybridized carbons (Fsp3) is 0.571. The van der Waals surface area contributed by atoms with E-state index in [4.69, 9.17) is 5.73 Å². The molecule has 18 heavy (non-hydrogen) atoms. The normalized spacial score (nSPS) is 19.9. The Morgan fingerprint density at radius 3 is 3.17 bits per heavy atom. The van der Waals surface area contributed by atoms with E-state index in [9.17, 15) is 4.79 Å². The van der Waals surface area contributed by atoms with Crippen LogP contribution >= 0.6 is 0 Å². The van der Waals surface area contributed by atoms with Crippen LogP contribution in [0.25, 0.3) is 0 Å². The Kier molecular flexibility index (Phi) is 4.31. The standard InChI is InChI=1S/C14H21N3O/c1-11-4-2-6-16-13(11)8-14(18)17-7-3-5-12(9-15)10-17/h2,4,6,12H,3,5,7-10,15H2,1H3. The fourth-order valence-corrected chi connectivity index (χ4v) is 2.44. The molecule has 1 unspecified atom stereocenters. The molecule has 1 aliphatic rings. The molecule has 4 nitrogen and oxygen atoms in total. The third kappa shape index (κ3) is 3.07. The molecule has 2 rings (SSSR count). The molecule has 1 aliphatic heterocycles. The molecule has 1 amide bonds. The predicted octanol–water partition coefficient (Wildman–Crippen LogP) is 1.13. The second-order valence-corrected chi connectivity index (χ2v) is 5.03. The molecule has 1 aromatic rings. The van der Waals surface area contributed by atoms with Crippen LogP contribution in [0.4, 0.5) is 0 Å². The van der Waals surface area contributed by atoms with E-state index in [2.05, 4.69) is 4.98 Å². The van der Waals surface area contributed by atoms with Crippen LogP contribution < -0.4 is 5.73 Å². The molecule has 0 spiro atoms. The Bertz CT molecular complexity index is 419. The van der Waals surface area contributed by atoms with Crippen molar-refractivity contribution in [2.24, 2.45) is 11.7 Å². The molecule has 0 aromatic carbocycles. The van der Waals surface area contributed by atoms with Crippen LogP contribution in [0, 0.1) is 12.8 Å². The largest absolute Gasteiger partial charge is 0.342 e. The van der Waals surface area contributed by atoms with Crippen molar-refractivity contribution >= 4 is 5.91 Å². The molecular formula is C14H21N3O. The summed E-state index contributed by atoms with van der Waals surface area (Å²) in [6, 6.07) is 3.89. The Hall–Kier alpha value is -1.42. The Balaban J connectivity index is 1.97. The third-order valence-electron chi connectivity index (χ3n) is 3.64. The van der Waals surface area contributed by atoms with Crippen molar-refractivity contribution in [2.75, 3.05) is 19.6 Å². The van der Waals surface area contributed by atoms with Crippen LogP contribution in [0.15, 0.2) is 18.3 Å². The summed E-state index contributed by atoms with van der Waals surface area (Å²) in [5.41, 5.74) is 7.66. The summed E-state index contributed by atoms with van der Waals surface area (Å²) in [6.45, 7) is 4.34. The highest BCUT2D eigenvalue weighted by atomic mass is 16.2. The van der Waals surface area contributed by atoms with Crippen LogP contribution in [-0.4, -0.2) is 35.4 Å². The molecule has 2 heterocycles. The van der Waals surface area contributed by atoms with Crippen molar-refractivity contribution in [1.29, 1.82) is 0 Å². The van der Waals surface area contributed by atoms with Crippen LogP contribution in [0.1, 0.15) is 24.1 Å². The first kappa shape index (κ1) is 13.0. The van der Waals surface area contributed by atoms with Gasteiger partial charge in [0.2, 0.25) is 5.91 Å². The van der Waals surface area contributed by atoms with Gasteiger partial charge in [-0.15, -0.1) is 0 Å². The van der Waals surface area contributed by atoms with Crippen LogP contribution in [0.5, 0.6) is 0 Å². The highest BCUT2D eigenvalue weighted by Gasteiger charge is 2.23. The summed E-state index contributed by atoms with van der Waals surface area (Å²) < 4.78 is 0. The van der Waals surface area contributed by atoms with Crippen LogP contribution in [-0.2, 0) is 11.2 Å². The summed E-state index contributed by atoms with van der Waals surface area (Å²) in [5, 5.41) is 0. The first-order chi connectivity index (χ1) is 8.70. The van der Waals surface area contributed by atoms with Gasteiger partial charge in [0.1, 0.15) is 0 Å². The molecule has 1 aromatic heterocycles. The third-order valence-corrected chi connectivity index (χ3v) is 3.64. The second kappa shape index (κ2) is 5.96. The molecule has 0 radical (unpaired) electrons. The molecule has 4 heteroatoms.